The molecule has 1 heterocycles. The Balaban J connectivity index is 3.11. The minimum absolute atomic E-state index is 0.0295. The lowest BCUT2D eigenvalue weighted by Gasteiger charge is -2.29. The number of rotatable bonds is 4. The SMILES string of the molecule is CCOC(c1ncc(C(C)N)c(C)n1)C(C)(C)C. The number of nitrogens with two attached hydrogens (primary N) is 1. The van der Waals surface area contributed by atoms with Crippen molar-refractivity contribution in [1.82, 2.24) is 9.97 Å². The monoisotopic (exact) mass is 251 g/mol. The molecular formula is C14H25N3O. The van der Waals surface area contributed by atoms with E-state index in [1.54, 1.807) is 0 Å². The van der Waals surface area contributed by atoms with Crippen molar-refractivity contribution in [2.24, 2.45) is 11.1 Å². The molecule has 0 aliphatic rings. The van der Waals surface area contributed by atoms with Crippen LogP contribution in [0.4, 0.5) is 0 Å². The van der Waals surface area contributed by atoms with Gasteiger partial charge in [-0.05, 0) is 26.2 Å². The minimum Gasteiger partial charge on any atom is -0.370 e. The summed E-state index contributed by atoms with van der Waals surface area (Å²) in [5, 5.41) is 0. The maximum absolute atomic E-state index is 5.87. The van der Waals surface area contributed by atoms with E-state index in [0.717, 1.165) is 17.1 Å². The second-order valence-electron chi connectivity index (χ2n) is 5.76. The van der Waals surface area contributed by atoms with Crippen molar-refractivity contribution in [2.45, 2.75) is 53.7 Å². The van der Waals surface area contributed by atoms with Gasteiger partial charge >= 0.3 is 0 Å². The third kappa shape index (κ3) is 3.50. The van der Waals surface area contributed by atoms with Gasteiger partial charge in [0.1, 0.15) is 6.10 Å². The summed E-state index contributed by atoms with van der Waals surface area (Å²) in [7, 11) is 0. The second-order valence-corrected chi connectivity index (χ2v) is 5.76. The summed E-state index contributed by atoms with van der Waals surface area (Å²) >= 11 is 0. The Kier molecular flexibility index (Phi) is 4.82. The Morgan fingerprint density at radius 3 is 2.39 bits per heavy atom. The first-order valence-corrected chi connectivity index (χ1v) is 6.48. The van der Waals surface area contributed by atoms with E-state index < -0.39 is 0 Å². The molecule has 2 atom stereocenters. The predicted octanol–water partition coefficient (Wildman–Crippen LogP) is 2.93. The molecule has 0 fully saturated rings. The molecule has 1 aromatic rings. The molecule has 0 bridgehead atoms. The highest BCUT2D eigenvalue weighted by molar-refractivity contribution is 5.20. The fraction of sp³-hybridized carbons (Fsp3) is 0.714. The van der Waals surface area contributed by atoms with Gasteiger partial charge < -0.3 is 10.5 Å². The Morgan fingerprint density at radius 1 is 1.39 bits per heavy atom. The number of hydrogen-bond donors (Lipinski definition) is 1. The molecule has 0 aliphatic heterocycles. The molecule has 0 radical (unpaired) electrons. The molecule has 4 heteroatoms. The van der Waals surface area contributed by atoms with Crippen LogP contribution in [0.3, 0.4) is 0 Å². The van der Waals surface area contributed by atoms with Gasteiger partial charge in [-0.15, -0.1) is 0 Å². The standard InChI is InChI=1S/C14H25N3O/c1-7-18-12(14(4,5)6)13-16-8-11(9(2)15)10(3)17-13/h8-9,12H,7,15H2,1-6H3. The van der Waals surface area contributed by atoms with Crippen molar-refractivity contribution in [3.05, 3.63) is 23.3 Å². The van der Waals surface area contributed by atoms with Crippen LogP contribution in [0, 0.1) is 12.3 Å². The van der Waals surface area contributed by atoms with Crippen LogP contribution in [0.15, 0.2) is 6.20 Å². The van der Waals surface area contributed by atoms with E-state index in [-0.39, 0.29) is 17.6 Å². The summed E-state index contributed by atoms with van der Waals surface area (Å²) in [6.07, 6.45) is 1.73. The lowest BCUT2D eigenvalue weighted by Crippen LogP contribution is -2.24. The van der Waals surface area contributed by atoms with Gasteiger partial charge in [0.25, 0.3) is 0 Å². The van der Waals surface area contributed by atoms with Gasteiger partial charge in [0.2, 0.25) is 0 Å². The van der Waals surface area contributed by atoms with E-state index >= 15 is 0 Å². The van der Waals surface area contributed by atoms with Gasteiger partial charge in [-0.1, -0.05) is 20.8 Å². The van der Waals surface area contributed by atoms with Crippen LogP contribution >= 0.6 is 0 Å². The lowest BCUT2D eigenvalue weighted by atomic mass is 9.88. The molecule has 1 rings (SSSR count). The van der Waals surface area contributed by atoms with Crippen LogP contribution in [-0.2, 0) is 4.74 Å². The third-order valence-corrected chi connectivity index (χ3v) is 2.88. The molecule has 102 valence electrons. The van der Waals surface area contributed by atoms with E-state index in [2.05, 4.69) is 30.7 Å². The molecule has 0 saturated heterocycles. The summed E-state index contributed by atoms with van der Waals surface area (Å²) in [6.45, 7) is 12.9. The van der Waals surface area contributed by atoms with Gasteiger partial charge in [-0.2, -0.15) is 0 Å². The van der Waals surface area contributed by atoms with Crippen LogP contribution in [0.25, 0.3) is 0 Å². The zero-order chi connectivity index (χ0) is 13.9. The van der Waals surface area contributed by atoms with E-state index in [9.17, 15) is 0 Å². The number of aryl methyl sites for hydroxylation is 1. The molecule has 0 aromatic carbocycles. The fourth-order valence-electron chi connectivity index (χ4n) is 1.95. The highest BCUT2D eigenvalue weighted by Gasteiger charge is 2.29. The Bertz CT molecular complexity index is 397. The molecule has 0 aliphatic carbocycles. The van der Waals surface area contributed by atoms with Crippen molar-refractivity contribution in [2.75, 3.05) is 6.61 Å². The van der Waals surface area contributed by atoms with Crippen LogP contribution in [-0.4, -0.2) is 16.6 Å². The molecule has 0 saturated carbocycles. The summed E-state index contributed by atoms with van der Waals surface area (Å²) in [4.78, 5) is 8.99. The zero-order valence-corrected chi connectivity index (χ0v) is 12.3. The fourth-order valence-corrected chi connectivity index (χ4v) is 1.95. The van der Waals surface area contributed by atoms with Crippen molar-refractivity contribution >= 4 is 0 Å². The summed E-state index contributed by atoms with van der Waals surface area (Å²) in [5.41, 5.74) is 7.77. The maximum Gasteiger partial charge on any atom is 0.157 e. The summed E-state index contributed by atoms with van der Waals surface area (Å²) in [5.74, 6) is 0.742. The average molecular weight is 251 g/mol. The smallest absolute Gasteiger partial charge is 0.157 e. The van der Waals surface area contributed by atoms with Crippen LogP contribution in [0.2, 0.25) is 0 Å². The Hall–Kier alpha value is -1.00. The van der Waals surface area contributed by atoms with Crippen molar-refractivity contribution in [3.63, 3.8) is 0 Å². The molecule has 18 heavy (non-hydrogen) atoms. The van der Waals surface area contributed by atoms with Gasteiger partial charge in [0.15, 0.2) is 5.82 Å². The van der Waals surface area contributed by atoms with E-state index in [0.29, 0.717) is 6.61 Å². The number of aromatic nitrogens is 2. The van der Waals surface area contributed by atoms with E-state index in [1.807, 2.05) is 27.0 Å². The average Bonchev–Trinajstić information content (AvgIpc) is 2.23. The quantitative estimate of drug-likeness (QED) is 0.893. The van der Waals surface area contributed by atoms with Gasteiger partial charge in [0.05, 0.1) is 0 Å². The van der Waals surface area contributed by atoms with Crippen molar-refractivity contribution in [1.29, 1.82) is 0 Å². The molecule has 1 aromatic heterocycles. The molecular weight excluding hydrogens is 226 g/mol. The number of ether oxygens (including phenoxy) is 1. The Morgan fingerprint density at radius 2 is 2.00 bits per heavy atom. The number of hydrogen-bond acceptors (Lipinski definition) is 4. The highest BCUT2D eigenvalue weighted by atomic mass is 16.5. The highest BCUT2D eigenvalue weighted by Crippen LogP contribution is 2.34. The first-order chi connectivity index (χ1) is 8.27. The van der Waals surface area contributed by atoms with Gasteiger partial charge in [0, 0.05) is 30.1 Å². The molecule has 4 nitrogen and oxygen atoms in total. The van der Waals surface area contributed by atoms with E-state index in [4.69, 9.17) is 10.5 Å². The largest absolute Gasteiger partial charge is 0.370 e. The van der Waals surface area contributed by atoms with Crippen LogP contribution in [0.5, 0.6) is 0 Å². The van der Waals surface area contributed by atoms with Gasteiger partial charge in [-0.25, -0.2) is 9.97 Å². The Labute approximate surface area is 110 Å². The molecule has 2 N–H and O–H groups in total. The molecule has 0 spiro atoms. The first-order valence-electron chi connectivity index (χ1n) is 6.48. The summed E-state index contributed by atoms with van der Waals surface area (Å²) in [6, 6.07) is -0.0424. The van der Waals surface area contributed by atoms with E-state index in [1.165, 1.54) is 0 Å². The minimum atomic E-state index is -0.0941. The molecule has 2 unspecified atom stereocenters. The van der Waals surface area contributed by atoms with Gasteiger partial charge in [-0.3, -0.25) is 0 Å². The third-order valence-electron chi connectivity index (χ3n) is 2.88. The van der Waals surface area contributed by atoms with Crippen LogP contribution < -0.4 is 5.73 Å². The maximum atomic E-state index is 5.87. The predicted molar refractivity (Wildman–Crippen MR) is 73.2 cm³/mol. The molecule has 0 amide bonds. The lowest BCUT2D eigenvalue weighted by molar-refractivity contribution is -0.0192. The van der Waals surface area contributed by atoms with Crippen molar-refractivity contribution in [3.8, 4) is 0 Å². The summed E-state index contributed by atoms with van der Waals surface area (Å²) < 4.78 is 5.79. The number of nitrogens with zero attached hydrogens (tertiary/aromatic N) is 2. The first kappa shape index (κ1) is 15.1. The van der Waals surface area contributed by atoms with Crippen molar-refractivity contribution < 1.29 is 4.74 Å². The van der Waals surface area contributed by atoms with Crippen LogP contribution in [0.1, 0.15) is 63.8 Å². The topological polar surface area (TPSA) is 61.0 Å². The normalized spacial score (nSPS) is 15.5. The zero-order valence-electron chi connectivity index (χ0n) is 12.3. The second kappa shape index (κ2) is 5.76.